The Morgan fingerprint density at radius 2 is 0.618 bits per heavy atom. The molecule has 0 bridgehead atoms. The molecule has 0 rings (SSSR count). The van der Waals surface area contributed by atoms with Crippen LogP contribution in [0.4, 0.5) is 0 Å². The van der Waals surface area contributed by atoms with Crippen LogP contribution in [0, 0.1) is 0 Å². The highest BCUT2D eigenvalue weighted by Gasteiger charge is 2.20. The number of amides is 1. The fourth-order valence-corrected chi connectivity index (χ4v) is 11.2. The normalized spacial score (nSPS) is 12.5. The number of aliphatic hydroxyl groups is 2. The number of carbonyl (C=O) groups excluding carboxylic acids is 2. The van der Waals surface area contributed by atoms with Crippen LogP contribution in [0.15, 0.2) is 12.2 Å². The predicted octanol–water partition coefficient (Wildman–Crippen LogP) is 22.4. The van der Waals surface area contributed by atoms with E-state index < -0.39 is 12.1 Å². The molecule has 0 spiro atoms. The standard InChI is InChI=1S/C70H137NO5/c1-3-5-7-9-11-13-15-17-19-20-28-31-35-38-42-46-50-54-58-62-68(73)67(66-72)71-69(74)63-59-55-51-47-43-39-36-32-29-26-24-22-21-23-25-27-30-33-37-41-45-49-53-57-61-65-76-70(75)64-60-56-52-48-44-40-34-18-16-14-12-10-8-6-4-2/h22,24,67-68,72-73H,3-21,23,25-66H2,1-2H3,(H,71,74)/b24-22-. The third kappa shape index (κ3) is 61.8. The highest BCUT2D eigenvalue weighted by atomic mass is 16.5. The number of ether oxygens (including phenoxy) is 1. The van der Waals surface area contributed by atoms with Gasteiger partial charge in [-0.05, 0) is 51.4 Å². The van der Waals surface area contributed by atoms with Crippen LogP contribution in [0.1, 0.15) is 399 Å². The van der Waals surface area contributed by atoms with Crippen molar-refractivity contribution in [1.82, 2.24) is 5.32 Å². The zero-order valence-corrected chi connectivity index (χ0v) is 51.8. The van der Waals surface area contributed by atoms with Gasteiger partial charge in [0.05, 0.1) is 25.4 Å². The molecule has 0 aliphatic carbocycles. The first-order valence-corrected chi connectivity index (χ1v) is 34.9. The number of carbonyl (C=O) groups is 2. The lowest BCUT2D eigenvalue weighted by molar-refractivity contribution is -0.143. The average Bonchev–Trinajstić information content (AvgIpc) is 3.42. The van der Waals surface area contributed by atoms with E-state index >= 15 is 0 Å². The summed E-state index contributed by atoms with van der Waals surface area (Å²) in [7, 11) is 0. The molecular weight excluding hydrogens is 935 g/mol. The van der Waals surface area contributed by atoms with Crippen LogP contribution in [-0.4, -0.2) is 47.4 Å². The number of nitrogens with one attached hydrogen (secondary N) is 1. The Balaban J connectivity index is 3.38. The Bertz CT molecular complexity index is 1140. The monoisotopic (exact) mass is 1070 g/mol. The summed E-state index contributed by atoms with van der Waals surface area (Å²) in [5, 5.41) is 23.4. The molecule has 452 valence electrons. The van der Waals surface area contributed by atoms with Gasteiger partial charge in [-0.25, -0.2) is 0 Å². The summed E-state index contributed by atoms with van der Waals surface area (Å²) in [5.41, 5.74) is 0. The van der Waals surface area contributed by atoms with Crippen molar-refractivity contribution >= 4 is 11.9 Å². The summed E-state index contributed by atoms with van der Waals surface area (Å²) in [5.74, 6) is -0.0162. The number of unbranched alkanes of at least 4 members (excludes halogenated alkanes) is 53. The van der Waals surface area contributed by atoms with Crippen LogP contribution in [0.5, 0.6) is 0 Å². The Morgan fingerprint density at radius 3 is 0.934 bits per heavy atom. The Labute approximate surface area is 476 Å². The Kier molecular flexibility index (Phi) is 64.9. The van der Waals surface area contributed by atoms with E-state index in [9.17, 15) is 19.8 Å². The molecule has 0 aliphatic rings. The molecule has 76 heavy (non-hydrogen) atoms. The predicted molar refractivity (Wildman–Crippen MR) is 333 cm³/mol. The second kappa shape index (κ2) is 66.1. The van der Waals surface area contributed by atoms with E-state index in [0.717, 1.165) is 38.5 Å². The van der Waals surface area contributed by atoms with Crippen molar-refractivity contribution in [2.45, 2.75) is 411 Å². The highest BCUT2D eigenvalue weighted by molar-refractivity contribution is 5.76. The molecule has 1 amide bonds. The van der Waals surface area contributed by atoms with Crippen LogP contribution in [0.25, 0.3) is 0 Å². The number of esters is 1. The van der Waals surface area contributed by atoms with E-state index in [1.807, 2.05) is 0 Å². The molecular formula is C70H137NO5. The van der Waals surface area contributed by atoms with E-state index in [4.69, 9.17) is 4.74 Å². The number of hydrogen-bond acceptors (Lipinski definition) is 5. The van der Waals surface area contributed by atoms with Gasteiger partial charge in [0.1, 0.15) is 0 Å². The smallest absolute Gasteiger partial charge is 0.305 e. The fourth-order valence-electron chi connectivity index (χ4n) is 11.2. The first kappa shape index (κ1) is 74.6. The van der Waals surface area contributed by atoms with Crippen LogP contribution in [0.2, 0.25) is 0 Å². The molecule has 0 aromatic carbocycles. The minimum Gasteiger partial charge on any atom is -0.466 e. The molecule has 0 fully saturated rings. The quantitative estimate of drug-likeness (QED) is 0.0320. The van der Waals surface area contributed by atoms with Gasteiger partial charge in [0, 0.05) is 12.8 Å². The second-order valence-electron chi connectivity index (χ2n) is 24.2. The Hall–Kier alpha value is -1.40. The molecule has 0 radical (unpaired) electrons. The van der Waals surface area contributed by atoms with Crippen molar-refractivity contribution in [3.8, 4) is 0 Å². The molecule has 0 saturated heterocycles. The van der Waals surface area contributed by atoms with Gasteiger partial charge in [-0.15, -0.1) is 0 Å². The van der Waals surface area contributed by atoms with E-state index in [2.05, 4.69) is 31.3 Å². The minimum absolute atomic E-state index is 0.0175. The van der Waals surface area contributed by atoms with Gasteiger partial charge >= 0.3 is 5.97 Å². The SMILES string of the molecule is CCCCCCCCCCCCCCCCCCCCCC(O)C(CO)NC(=O)CCCCCCCCCCC/C=C\CCCCCCCCCCCCCCOC(=O)CCCCCCCCCCCCCCCCC. The summed E-state index contributed by atoms with van der Waals surface area (Å²) in [6.07, 6.45) is 81.1. The van der Waals surface area contributed by atoms with Gasteiger partial charge in [-0.2, -0.15) is 0 Å². The van der Waals surface area contributed by atoms with E-state index in [1.165, 1.54) is 327 Å². The van der Waals surface area contributed by atoms with Gasteiger partial charge in [0.25, 0.3) is 0 Å². The van der Waals surface area contributed by atoms with Crippen molar-refractivity contribution in [3.63, 3.8) is 0 Å². The number of aliphatic hydroxyl groups excluding tert-OH is 2. The minimum atomic E-state index is -0.666. The van der Waals surface area contributed by atoms with E-state index in [-0.39, 0.29) is 18.5 Å². The second-order valence-corrected chi connectivity index (χ2v) is 24.2. The molecule has 2 atom stereocenters. The van der Waals surface area contributed by atoms with Crippen molar-refractivity contribution in [3.05, 3.63) is 12.2 Å². The Morgan fingerprint density at radius 1 is 0.355 bits per heavy atom. The van der Waals surface area contributed by atoms with Crippen molar-refractivity contribution in [2.75, 3.05) is 13.2 Å². The topological polar surface area (TPSA) is 95.9 Å². The summed E-state index contributed by atoms with van der Waals surface area (Å²) in [4.78, 5) is 24.6. The fraction of sp³-hybridized carbons (Fsp3) is 0.943. The molecule has 6 nitrogen and oxygen atoms in total. The van der Waals surface area contributed by atoms with Gasteiger partial charge in [-0.3, -0.25) is 9.59 Å². The summed E-state index contributed by atoms with van der Waals surface area (Å²) >= 11 is 0. The van der Waals surface area contributed by atoms with Gasteiger partial charge in [-0.1, -0.05) is 347 Å². The number of allylic oxidation sites excluding steroid dienone is 2. The zero-order valence-electron chi connectivity index (χ0n) is 51.8. The first-order valence-electron chi connectivity index (χ1n) is 34.9. The molecule has 2 unspecified atom stereocenters. The lowest BCUT2D eigenvalue weighted by atomic mass is 10.0. The maximum atomic E-state index is 12.5. The molecule has 6 heteroatoms. The maximum absolute atomic E-state index is 12.5. The van der Waals surface area contributed by atoms with Crippen LogP contribution < -0.4 is 5.32 Å². The number of hydrogen-bond donors (Lipinski definition) is 3. The maximum Gasteiger partial charge on any atom is 0.305 e. The lowest BCUT2D eigenvalue weighted by Crippen LogP contribution is -2.45. The van der Waals surface area contributed by atoms with Crippen LogP contribution in [-0.2, 0) is 14.3 Å². The zero-order chi connectivity index (χ0) is 55.0. The van der Waals surface area contributed by atoms with Crippen LogP contribution >= 0.6 is 0 Å². The largest absolute Gasteiger partial charge is 0.466 e. The molecule has 0 heterocycles. The molecule has 0 aromatic rings. The number of rotatable bonds is 66. The highest BCUT2D eigenvalue weighted by Crippen LogP contribution is 2.19. The van der Waals surface area contributed by atoms with Crippen molar-refractivity contribution in [1.29, 1.82) is 0 Å². The van der Waals surface area contributed by atoms with Crippen LogP contribution in [0.3, 0.4) is 0 Å². The molecule has 3 N–H and O–H groups in total. The average molecular weight is 1070 g/mol. The molecule has 0 aromatic heterocycles. The molecule has 0 aliphatic heterocycles. The van der Waals surface area contributed by atoms with Gasteiger partial charge in [0.2, 0.25) is 5.91 Å². The third-order valence-corrected chi connectivity index (χ3v) is 16.6. The third-order valence-electron chi connectivity index (χ3n) is 16.6. The summed E-state index contributed by atoms with van der Waals surface area (Å²) in [6.45, 7) is 5.00. The lowest BCUT2D eigenvalue weighted by Gasteiger charge is -2.22. The van der Waals surface area contributed by atoms with Gasteiger partial charge < -0.3 is 20.3 Å². The van der Waals surface area contributed by atoms with E-state index in [0.29, 0.717) is 25.9 Å². The van der Waals surface area contributed by atoms with Crippen molar-refractivity contribution in [2.24, 2.45) is 0 Å². The summed E-state index contributed by atoms with van der Waals surface area (Å²) < 4.78 is 5.50. The van der Waals surface area contributed by atoms with Gasteiger partial charge in [0.15, 0.2) is 0 Å². The summed E-state index contributed by atoms with van der Waals surface area (Å²) in [6, 6.07) is -0.544. The van der Waals surface area contributed by atoms with Crippen molar-refractivity contribution < 1.29 is 24.5 Å². The molecule has 0 saturated carbocycles. The van der Waals surface area contributed by atoms with E-state index in [1.54, 1.807) is 0 Å². The first-order chi connectivity index (χ1) is 37.5.